The van der Waals surface area contributed by atoms with Gasteiger partial charge in [-0.05, 0) is 43.0 Å². The maximum Gasteiger partial charge on any atom is 0.188 e. The molecular formula is C22H23Cl2N5O. The number of nitrogens with zero attached hydrogens (tertiary/aromatic N) is 4. The highest BCUT2D eigenvalue weighted by Crippen LogP contribution is 2.33. The molecule has 0 spiro atoms. The van der Waals surface area contributed by atoms with E-state index < -0.39 is 0 Å². The number of aromatic nitrogens is 2. The number of aryl methyl sites for hydroxylation is 1. The molecule has 0 bridgehead atoms. The lowest BCUT2D eigenvalue weighted by Gasteiger charge is -2.31. The third-order valence-corrected chi connectivity index (χ3v) is 5.67. The number of aliphatic hydroxyl groups excluding tert-OH is 1. The zero-order valence-corrected chi connectivity index (χ0v) is 18.2. The monoisotopic (exact) mass is 443 g/mol. The van der Waals surface area contributed by atoms with Gasteiger partial charge in [0, 0.05) is 35.4 Å². The Morgan fingerprint density at radius 2 is 2.07 bits per heavy atom. The number of β-amino-alcohol motifs (C(OH)–C–C–N with tert-alkyl or cyclic N) is 1. The number of hydrogen-bond donors (Lipinski definition) is 2. The Labute approximate surface area is 187 Å². The highest BCUT2D eigenvalue weighted by molar-refractivity contribution is 6.31. The number of piperidine rings is 1. The summed E-state index contributed by atoms with van der Waals surface area (Å²) in [7, 11) is 0. The molecule has 1 fully saturated rings. The molecule has 1 aromatic heterocycles. The molecule has 0 amide bonds. The number of anilines is 2. The average Bonchev–Trinajstić information content (AvgIpc) is 2.74. The van der Waals surface area contributed by atoms with Gasteiger partial charge in [0.2, 0.25) is 0 Å². The van der Waals surface area contributed by atoms with E-state index in [0.717, 1.165) is 52.1 Å². The van der Waals surface area contributed by atoms with Gasteiger partial charge in [-0.3, -0.25) is 0 Å². The van der Waals surface area contributed by atoms with E-state index in [0.29, 0.717) is 24.6 Å². The Bertz CT molecular complexity index is 1100. The Hall–Kier alpha value is -2.59. The predicted octanol–water partition coefficient (Wildman–Crippen LogP) is 5.14. The standard InChI is InChI=1S/C22H22ClN5O.ClH/c1-14-5-6-15(10-20(14)23)12-25-21-19-11-16(24-2)7-8-18(19)22(27-26-21)28-9-3-4-17(29)13-28;/h5-8,10-11,17,29H,3-4,9,12-13H2,1H3,(H,25,26);1H/t17-;/m1./s1. The molecule has 0 unspecified atom stereocenters. The zero-order valence-electron chi connectivity index (χ0n) is 16.6. The molecule has 0 saturated carbocycles. The summed E-state index contributed by atoms with van der Waals surface area (Å²) in [5, 5.41) is 24.8. The molecule has 1 aliphatic rings. The predicted molar refractivity (Wildman–Crippen MR) is 124 cm³/mol. The Kier molecular flexibility index (Phi) is 6.99. The third kappa shape index (κ3) is 4.59. The molecule has 6 nitrogen and oxygen atoms in total. The second-order valence-electron chi connectivity index (χ2n) is 7.39. The summed E-state index contributed by atoms with van der Waals surface area (Å²) < 4.78 is 0. The molecule has 156 valence electrons. The van der Waals surface area contributed by atoms with Crippen molar-refractivity contribution in [3.8, 4) is 0 Å². The van der Waals surface area contributed by atoms with Crippen molar-refractivity contribution in [1.82, 2.24) is 10.2 Å². The van der Waals surface area contributed by atoms with Crippen LogP contribution in [0.5, 0.6) is 0 Å². The molecule has 30 heavy (non-hydrogen) atoms. The van der Waals surface area contributed by atoms with Crippen molar-refractivity contribution in [2.75, 3.05) is 23.3 Å². The van der Waals surface area contributed by atoms with Crippen molar-refractivity contribution >= 4 is 52.1 Å². The molecule has 0 radical (unpaired) electrons. The summed E-state index contributed by atoms with van der Waals surface area (Å²) in [5.74, 6) is 1.38. The van der Waals surface area contributed by atoms with E-state index in [9.17, 15) is 5.11 Å². The minimum Gasteiger partial charge on any atom is -0.391 e. The fraction of sp³-hybridized carbons (Fsp3) is 0.318. The third-order valence-electron chi connectivity index (χ3n) is 5.27. The quantitative estimate of drug-likeness (QED) is 0.546. The molecule has 2 aromatic carbocycles. The van der Waals surface area contributed by atoms with Crippen LogP contribution in [0.4, 0.5) is 17.3 Å². The molecule has 4 rings (SSSR count). The molecule has 2 N–H and O–H groups in total. The van der Waals surface area contributed by atoms with Gasteiger partial charge in [-0.2, -0.15) is 0 Å². The number of rotatable bonds is 4. The van der Waals surface area contributed by atoms with Crippen molar-refractivity contribution in [3.63, 3.8) is 0 Å². The van der Waals surface area contributed by atoms with E-state index >= 15 is 0 Å². The summed E-state index contributed by atoms with van der Waals surface area (Å²) in [6, 6.07) is 11.5. The first-order chi connectivity index (χ1) is 14.0. The second-order valence-corrected chi connectivity index (χ2v) is 7.80. The topological polar surface area (TPSA) is 65.6 Å². The molecule has 2 heterocycles. The van der Waals surface area contributed by atoms with Crippen molar-refractivity contribution in [2.45, 2.75) is 32.4 Å². The van der Waals surface area contributed by atoms with E-state index in [1.807, 2.05) is 37.3 Å². The van der Waals surface area contributed by atoms with E-state index in [1.54, 1.807) is 6.07 Å². The average molecular weight is 444 g/mol. The van der Waals surface area contributed by atoms with Gasteiger partial charge in [0.1, 0.15) is 0 Å². The van der Waals surface area contributed by atoms with Crippen molar-refractivity contribution in [3.05, 3.63) is 64.0 Å². The Morgan fingerprint density at radius 1 is 1.23 bits per heavy atom. The van der Waals surface area contributed by atoms with Gasteiger partial charge in [-0.15, -0.1) is 22.6 Å². The van der Waals surface area contributed by atoms with Gasteiger partial charge < -0.3 is 15.3 Å². The first-order valence-corrected chi connectivity index (χ1v) is 10.0. The summed E-state index contributed by atoms with van der Waals surface area (Å²) in [6.45, 7) is 11.3. The van der Waals surface area contributed by atoms with Crippen LogP contribution in [-0.4, -0.2) is 34.5 Å². The lowest BCUT2D eigenvalue weighted by molar-refractivity contribution is 0.154. The summed E-state index contributed by atoms with van der Waals surface area (Å²) >= 11 is 6.23. The van der Waals surface area contributed by atoms with E-state index in [-0.39, 0.29) is 18.5 Å². The van der Waals surface area contributed by atoms with Gasteiger partial charge in [-0.25, -0.2) is 4.85 Å². The van der Waals surface area contributed by atoms with Crippen LogP contribution in [0, 0.1) is 13.5 Å². The van der Waals surface area contributed by atoms with Crippen molar-refractivity contribution in [1.29, 1.82) is 0 Å². The van der Waals surface area contributed by atoms with Crippen LogP contribution >= 0.6 is 24.0 Å². The van der Waals surface area contributed by atoms with Crippen LogP contribution in [-0.2, 0) is 6.54 Å². The Morgan fingerprint density at radius 3 is 2.80 bits per heavy atom. The number of fused-ring (bicyclic) bond motifs is 1. The minimum atomic E-state index is -0.354. The van der Waals surface area contributed by atoms with E-state index in [2.05, 4.69) is 25.3 Å². The van der Waals surface area contributed by atoms with Crippen LogP contribution < -0.4 is 10.2 Å². The van der Waals surface area contributed by atoms with Gasteiger partial charge in [0.05, 0.1) is 12.7 Å². The summed E-state index contributed by atoms with van der Waals surface area (Å²) in [5.41, 5.74) is 2.63. The van der Waals surface area contributed by atoms with Crippen molar-refractivity contribution < 1.29 is 5.11 Å². The van der Waals surface area contributed by atoms with Gasteiger partial charge in [-0.1, -0.05) is 35.9 Å². The molecule has 1 aliphatic heterocycles. The maximum atomic E-state index is 10.0. The van der Waals surface area contributed by atoms with Crippen LogP contribution in [0.2, 0.25) is 5.02 Å². The fourth-order valence-corrected chi connectivity index (χ4v) is 3.84. The first kappa shape index (κ1) is 22.1. The molecule has 0 aliphatic carbocycles. The van der Waals surface area contributed by atoms with Crippen LogP contribution in [0.1, 0.15) is 24.0 Å². The smallest absolute Gasteiger partial charge is 0.188 e. The number of benzene rings is 2. The largest absolute Gasteiger partial charge is 0.391 e. The first-order valence-electron chi connectivity index (χ1n) is 9.65. The van der Waals surface area contributed by atoms with Gasteiger partial charge >= 0.3 is 0 Å². The molecule has 1 saturated heterocycles. The molecular weight excluding hydrogens is 421 g/mol. The van der Waals surface area contributed by atoms with Gasteiger partial charge in [0.15, 0.2) is 17.3 Å². The van der Waals surface area contributed by atoms with E-state index in [4.69, 9.17) is 18.2 Å². The van der Waals surface area contributed by atoms with E-state index in [1.165, 1.54) is 0 Å². The highest BCUT2D eigenvalue weighted by atomic mass is 35.5. The zero-order chi connectivity index (χ0) is 20.4. The van der Waals surface area contributed by atoms with Crippen LogP contribution in [0.15, 0.2) is 36.4 Å². The normalized spacial score (nSPS) is 16.1. The lowest BCUT2D eigenvalue weighted by atomic mass is 10.1. The minimum absolute atomic E-state index is 0. The number of aliphatic hydroxyl groups is 1. The molecule has 3 aromatic rings. The fourth-order valence-electron chi connectivity index (χ4n) is 3.64. The second kappa shape index (κ2) is 9.48. The molecule has 1 atom stereocenters. The Balaban J connectivity index is 0.00000256. The lowest BCUT2D eigenvalue weighted by Crippen LogP contribution is -2.39. The van der Waals surface area contributed by atoms with Crippen LogP contribution in [0.25, 0.3) is 15.6 Å². The highest BCUT2D eigenvalue weighted by Gasteiger charge is 2.22. The maximum absolute atomic E-state index is 10.0. The summed E-state index contributed by atoms with van der Waals surface area (Å²) in [4.78, 5) is 5.63. The number of nitrogens with one attached hydrogen (secondary N) is 1. The van der Waals surface area contributed by atoms with Crippen LogP contribution in [0.3, 0.4) is 0 Å². The van der Waals surface area contributed by atoms with Gasteiger partial charge in [0.25, 0.3) is 0 Å². The number of hydrogen-bond acceptors (Lipinski definition) is 5. The number of halogens is 2. The van der Waals surface area contributed by atoms with Crippen molar-refractivity contribution in [2.24, 2.45) is 0 Å². The molecule has 8 heteroatoms. The summed E-state index contributed by atoms with van der Waals surface area (Å²) in [6.07, 6.45) is 1.37. The SMILES string of the molecule is Cl.[C-]#[N+]c1ccc2c(N3CCC[C@@H](O)C3)nnc(NCc3ccc(C)c(Cl)c3)c2c1.